The van der Waals surface area contributed by atoms with Crippen molar-refractivity contribution < 1.29 is 14.3 Å². The van der Waals surface area contributed by atoms with Gasteiger partial charge < -0.3 is 9.64 Å². The van der Waals surface area contributed by atoms with Gasteiger partial charge in [0.2, 0.25) is 5.91 Å². The van der Waals surface area contributed by atoms with E-state index in [9.17, 15) is 9.59 Å². The molecule has 4 nitrogen and oxygen atoms in total. The van der Waals surface area contributed by atoms with E-state index >= 15 is 0 Å². The summed E-state index contributed by atoms with van der Waals surface area (Å²) < 4.78 is 5.75. The van der Waals surface area contributed by atoms with Crippen LogP contribution in [0.5, 0.6) is 0 Å². The van der Waals surface area contributed by atoms with Crippen molar-refractivity contribution in [2.75, 3.05) is 19.7 Å². The monoisotopic (exact) mass is 1010 g/mol. The summed E-state index contributed by atoms with van der Waals surface area (Å²) in [5, 5.41) is 0. The van der Waals surface area contributed by atoms with E-state index in [1.807, 2.05) is 0 Å². The molecule has 0 fully saturated rings. The Morgan fingerprint density at radius 2 is 0.569 bits per heavy atom. The van der Waals surface area contributed by atoms with E-state index in [1.165, 1.54) is 315 Å². The highest BCUT2D eigenvalue weighted by atomic mass is 16.5. The summed E-state index contributed by atoms with van der Waals surface area (Å²) in [6.45, 7) is 11.3. The lowest BCUT2D eigenvalue weighted by atomic mass is 9.95. The van der Waals surface area contributed by atoms with Crippen LogP contribution in [0.15, 0.2) is 12.2 Å². The SMILES string of the molecule is CCCCCCCCCCCCCCCCC/C=C/CCCCCCCCCCCCCCCCCCCCCC(CC(=O)OCCCCCCCC)C(=O)N(CCCCCCCC)CCCCCCCC. The highest BCUT2D eigenvalue weighted by Crippen LogP contribution is 2.22. The lowest BCUT2D eigenvalue weighted by molar-refractivity contribution is -0.149. The van der Waals surface area contributed by atoms with Gasteiger partial charge in [-0.2, -0.15) is 0 Å². The van der Waals surface area contributed by atoms with Gasteiger partial charge in [-0.05, 0) is 51.4 Å². The van der Waals surface area contributed by atoms with Gasteiger partial charge in [0.15, 0.2) is 0 Å². The molecule has 428 valence electrons. The fraction of sp³-hybridized carbons (Fsp3) is 0.941. The molecule has 72 heavy (non-hydrogen) atoms. The van der Waals surface area contributed by atoms with Crippen LogP contribution in [0.25, 0.3) is 0 Å². The Labute approximate surface area is 454 Å². The van der Waals surface area contributed by atoms with Crippen molar-refractivity contribution in [1.82, 2.24) is 4.90 Å². The Morgan fingerprint density at radius 3 is 0.875 bits per heavy atom. The maximum absolute atomic E-state index is 14.2. The number of ether oxygens (including phenoxy) is 1. The molecule has 1 amide bonds. The molecule has 0 rings (SSSR count). The third kappa shape index (κ3) is 54.9. The van der Waals surface area contributed by atoms with E-state index in [1.54, 1.807) is 0 Å². The van der Waals surface area contributed by atoms with Crippen molar-refractivity contribution in [3.8, 4) is 0 Å². The molecular weight excluding hydrogens is 879 g/mol. The van der Waals surface area contributed by atoms with Gasteiger partial charge in [-0.15, -0.1) is 0 Å². The summed E-state index contributed by atoms with van der Waals surface area (Å²) in [6, 6.07) is 0. The second-order valence-electron chi connectivity index (χ2n) is 23.3. The van der Waals surface area contributed by atoms with E-state index in [-0.39, 0.29) is 24.2 Å². The lowest BCUT2D eigenvalue weighted by Gasteiger charge is -2.27. The summed E-state index contributed by atoms with van der Waals surface area (Å²) in [5.41, 5.74) is 0. The molecule has 0 spiro atoms. The Kier molecular flexibility index (Phi) is 61.1. The van der Waals surface area contributed by atoms with Crippen molar-refractivity contribution in [1.29, 1.82) is 0 Å². The molecule has 0 aliphatic rings. The maximum atomic E-state index is 14.2. The predicted molar refractivity (Wildman–Crippen MR) is 321 cm³/mol. The quantitative estimate of drug-likeness (QED) is 0.0346. The minimum atomic E-state index is -0.229. The molecule has 1 atom stereocenters. The van der Waals surface area contributed by atoms with Gasteiger partial charge in [0.1, 0.15) is 0 Å². The summed E-state index contributed by atoms with van der Waals surface area (Å²) in [4.78, 5) is 29.5. The number of amides is 1. The molecule has 0 aromatic carbocycles. The number of hydrogen-bond donors (Lipinski definition) is 0. The third-order valence-electron chi connectivity index (χ3n) is 16.0. The van der Waals surface area contributed by atoms with Crippen molar-refractivity contribution in [2.45, 2.75) is 387 Å². The van der Waals surface area contributed by atoms with E-state index in [0.29, 0.717) is 6.61 Å². The normalized spacial score (nSPS) is 12.1. The Hall–Kier alpha value is -1.32. The maximum Gasteiger partial charge on any atom is 0.306 e. The smallest absolute Gasteiger partial charge is 0.306 e. The zero-order valence-electron chi connectivity index (χ0n) is 50.1. The van der Waals surface area contributed by atoms with Crippen molar-refractivity contribution in [2.24, 2.45) is 5.92 Å². The second-order valence-corrected chi connectivity index (χ2v) is 23.3. The van der Waals surface area contributed by atoms with Crippen LogP contribution in [0, 0.1) is 5.92 Å². The molecule has 0 N–H and O–H groups in total. The first kappa shape index (κ1) is 70.7. The molecule has 1 unspecified atom stereocenters. The van der Waals surface area contributed by atoms with Gasteiger partial charge >= 0.3 is 5.97 Å². The van der Waals surface area contributed by atoms with E-state index < -0.39 is 0 Å². The molecule has 4 heteroatoms. The standard InChI is InChI=1S/C68H133NO3/c1-5-9-13-17-21-22-23-24-25-26-27-28-29-30-31-32-33-34-35-36-37-38-39-40-41-42-43-44-45-46-47-48-49-50-51-52-53-57-61-66(65-67(70)72-64-60-56-20-16-12-8-4)68(71)69(62-58-54-18-14-10-6-2)63-59-55-19-15-11-7-3/h33-34,66H,5-32,35-65H2,1-4H3/b34-33+. The predicted octanol–water partition coefficient (Wildman–Crippen LogP) is 23.5. The molecule has 0 radical (unpaired) electrons. The lowest BCUT2D eigenvalue weighted by Crippen LogP contribution is -2.38. The van der Waals surface area contributed by atoms with E-state index in [2.05, 4.69) is 44.7 Å². The molecule has 0 aliphatic heterocycles. The molecule has 0 saturated heterocycles. The molecule has 0 bridgehead atoms. The third-order valence-corrected chi connectivity index (χ3v) is 16.0. The van der Waals surface area contributed by atoms with Crippen molar-refractivity contribution in [3.63, 3.8) is 0 Å². The van der Waals surface area contributed by atoms with Gasteiger partial charge in [0.05, 0.1) is 13.0 Å². The van der Waals surface area contributed by atoms with Crippen LogP contribution in [0.3, 0.4) is 0 Å². The van der Waals surface area contributed by atoms with E-state index in [0.717, 1.165) is 51.6 Å². The molecule has 0 saturated carbocycles. The van der Waals surface area contributed by atoms with Gasteiger partial charge in [-0.25, -0.2) is 0 Å². The number of nitrogens with zero attached hydrogens (tertiary/aromatic N) is 1. The summed E-state index contributed by atoms with van der Waals surface area (Å²) in [5.74, 6) is -0.155. The average Bonchev–Trinajstić information content (AvgIpc) is 3.38. The summed E-state index contributed by atoms with van der Waals surface area (Å²) >= 11 is 0. The molecule has 0 aromatic rings. The Bertz CT molecular complexity index is 1060. The van der Waals surface area contributed by atoms with Crippen LogP contribution in [-0.2, 0) is 14.3 Å². The number of allylic oxidation sites excluding steroid dienone is 2. The first-order chi connectivity index (χ1) is 35.6. The molecule has 0 heterocycles. The second kappa shape index (κ2) is 62.2. The van der Waals surface area contributed by atoms with E-state index in [4.69, 9.17) is 4.74 Å². The van der Waals surface area contributed by atoms with Crippen LogP contribution < -0.4 is 0 Å². The topological polar surface area (TPSA) is 46.6 Å². The minimum Gasteiger partial charge on any atom is -0.466 e. The highest BCUT2D eigenvalue weighted by molar-refractivity contribution is 5.83. The van der Waals surface area contributed by atoms with Crippen LogP contribution in [0.1, 0.15) is 387 Å². The van der Waals surface area contributed by atoms with Crippen LogP contribution in [-0.4, -0.2) is 36.5 Å². The Morgan fingerprint density at radius 1 is 0.319 bits per heavy atom. The van der Waals surface area contributed by atoms with Crippen LogP contribution in [0.4, 0.5) is 0 Å². The van der Waals surface area contributed by atoms with Gasteiger partial charge in [-0.3, -0.25) is 9.59 Å². The van der Waals surface area contributed by atoms with Crippen molar-refractivity contribution in [3.05, 3.63) is 12.2 Å². The first-order valence-electron chi connectivity index (χ1n) is 33.7. The number of carbonyl (C=O) groups excluding carboxylic acids is 2. The number of unbranched alkanes of at least 4 members (excludes halogenated alkanes) is 49. The van der Waals surface area contributed by atoms with Crippen LogP contribution in [0.2, 0.25) is 0 Å². The Balaban J connectivity index is 4.05. The minimum absolute atomic E-state index is 0.156. The molecule has 0 aliphatic carbocycles. The first-order valence-corrected chi connectivity index (χ1v) is 33.7. The zero-order chi connectivity index (χ0) is 52.2. The number of rotatable bonds is 62. The fourth-order valence-electron chi connectivity index (χ4n) is 10.9. The molecule has 0 aromatic heterocycles. The number of esters is 1. The summed E-state index contributed by atoms with van der Waals surface area (Å²) in [7, 11) is 0. The largest absolute Gasteiger partial charge is 0.466 e. The summed E-state index contributed by atoms with van der Waals surface area (Å²) in [6.07, 6.45) is 78.3. The van der Waals surface area contributed by atoms with Gasteiger partial charge in [0, 0.05) is 19.0 Å². The highest BCUT2D eigenvalue weighted by Gasteiger charge is 2.27. The average molecular weight is 1010 g/mol. The molecular formula is C68H133NO3. The fourth-order valence-corrected chi connectivity index (χ4v) is 10.9. The number of hydrogen-bond acceptors (Lipinski definition) is 3. The van der Waals surface area contributed by atoms with Gasteiger partial charge in [0.25, 0.3) is 0 Å². The van der Waals surface area contributed by atoms with Crippen molar-refractivity contribution >= 4 is 11.9 Å². The van der Waals surface area contributed by atoms with Crippen LogP contribution >= 0.6 is 0 Å². The van der Waals surface area contributed by atoms with Gasteiger partial charge in [-0.1, -0.05) is 342 Å². The zero-order valence-corrected chi connectivity index (χ0v) is 50.1. The number of carbonyl (C=O) groups is 2.